The molecule has 2 rings (SSSR count). The molecule has 21 heavy (non-hydrogen) atoms. The van der Waals surface area contributed by atoms with Crippen LogP contribution in [-0.2, 0) is 11.3 Å². The highest BCUT2D eigenvalue weighted by molar-refractivity contribution is 8.01. The maximum Gasteiger partial charge on any atom is 0.221 e. The van der Waals surface area contributed by atoms with E-state index in [1.165, 1.54) is 23.1 Å². The van der Waals surface area contributed by atoms with Gasteiger partial charge in [-0.1, -0.05) is 35.2 Å². The normalized spacial score (nSPS) is 10.3. The topological polar surface area (TPSA) is 90.1 Å². The van der Waals surface area contributed by atoms with Crippen LogP contribution in [-0.4, -0.2) is 29.0 Å². The summed E-state index contributed by atoms with van der Waals surface area (Å²) in [5, 5.41) is 10.9. The van der Waals surface area contributed by atoms with E-state index < -0.39 is 0 Å². The lowest BCUT2D eigenvalue weighted by Crippen LogP contribution is -2.22. The number of carbonyl (C=O) groups excluding carboxylic acids is 1. The molecule has 0 saturated heterocycles. The van der Waals surface area contributed by atoms with E-state index in [-0.39, 0.29) is 5.91 Å². The Morgan fingerprint density at radius 2 is 2.14 bits per heavy atom. The maximum absolute atomic E-state index is 11.7. The lowest BCUT2D eigenvalue weighted by molar-refractivity contribution is -0.120. The Hall–Kier alpha value is -1.80. The average molecular weight is 324 g/mol. The zero-order valence-electron chi connectivity index (χ0n) is 11.5. The quantitative estimate of drug-likeness (QED) is 0.756. The third-order valence-corrected chi connectivity index (χ3v) is 4.51. The first-order valence-electron chi connectivity index (χ1n) is 6.29. The minimum Gasteiger partial charge on any atom is -0.497 e. The summed E-state index contributed by atoms with van der Waals surface area (Å²) in [6.07, 6.45) is 0.431. The number of nitrogens with one attached hydrogen (secondary N) is 1. The monoisotopic (exact) mass is 324 g/mol. The van der Waals surface area contributed by atoms with Crippen LogP contribution in [0.25, 0.3) is 0 Å². The summed E-state index contributed by atoms with van der Waals surface area (Å²) in [4.78, 5) is 11.7. The molecular formula is C13H16N4O2S2. The van der Waals surface area contributed by atoms with Crippen LogP contribution in [0.5, 0.6) is 5.75 Å². The van der Waals surface area contributed by atoms with Gasteiger partial charge in [-0.3, -0.25) is 4.79 Å². The Morgan fingerprint density at radius 3 is 2.76 bits per heavy atom. The lowest BCUT2D eigenvalue weighted by Gasteiger charge is -2.06. The molecule has 6 nitrogen and oxygen atoms in total. The maximum atomic E-state index is 11.7. The number of amides is 1. The van der Waals surface area contributed by atoms with Gasteiger partial charge in [-0.2, -0.15) is 0 Å². The van der Waals surface area contributed by atoms with Gasteiger partial charge in [0.25, 0.3) is 0 Å². The Morgan fingerprint density at radius 1 is 1.38 bits per heavy atom. The molecule has 112 valence electrons. The molecule has 1 heterocycles. The summed E-state index contributed by atoms with van der Waals surface area (Å²) in [5.41, 5.74) is 6.52. The van der Waals surface area contributed by atoms with E-state index in [0.717, 1.165) is 15.7 Å². The molecule has 0 atom stereocenters. The number of nitrogens with two attached hydrogens (primary N) is 1. The largest absolute Gasteiger partial charge is 0.497 e. The van der Waals surface area contributed by atoms with Crippen LogP contribution < -0.4 is 15.8 Å². The van der Waals surface area contributed by atoms with Crippen LogP contribution in [0.2, 0.25) is 0 Å². The number of hydrogen-bond donors (Lipinski definition) is 2. The molecule has 1 aromatic carbocycles. The van der Waals surface area contributed by atoms with Gasteiger partial charge < -0.3 is 15.8 Å². The smallest absolute Gasteiger partial charge is 0.221 e. The predicted molar refractivity (Wildman–Crippen MR) is 84.5 cm³/mol. The van der Waals surface area contributed by atoms with Gasteiger partial charge in [-0.25, -0.2) is 0 Å². The summed E-state index contributed by atoms with van der Waals surface area (Å²) in [5.74, 6) is 1.47. The van der Waals surface area contributed by atoms with E-state index in [9.17, 15) is 4.79 Å². The fraction of sp³-hybridized carbons (Fsp3) is 0.308. The highest BCUT2D eigenvalue weighted by atomic mass is 32.2. The van der Waals surface area contributed by atoms with Crippen molar-refractivity contribution >= 4 is 34.1 Å². The third kappa shape index (κ3) is 5.24. The number of rotatable bonds is 7. The van der Waals surface area contributed by atoms with E-state index in [1.54, 1.807) is 7.11 Å². The highest BCUT2D eigenvalue weighted by Crippen LogP contribution is 2.23. The molecule has 0 fully saturated rings. The molecule has 1 amide bonds. The van der Waals surface area contributed by atoms with Crippen molar-refractivity contribution in [2.75, 3.05) is 18.6 Å². The van der Waals surface area contributed by atoms with E-state index >= 15 is 0 Å². The molecule has 0 unspecified atom stereocenters. The second kappa shape index (κ2) is 7.84. The van der Waals surface area contributed by atoms with Gasteiger partial charge >= 0.3 is 0 Å². The van der Waals surface area contributed by atoms with Crippen molar-refractivity contribution in [3.63, 3.8) is 0 Å². The van der Waals surface area contributed by atoms with Gasteiger partial charge in [0.2, 0.25) is 11.0 Å². The first kappa shape index (κ1) is 15.6. The lowest BCUT2D eigenvalue weighted by atomic mass is 10.2. The minimum absolute atomic E-state index is 0.0100. The molecule has 8 heteroatoms. The number of methoxy groups -OCH3 is 1. The van der Waals surface area contributed by atoms with Crippen molar-refractivity contribution in [2.45, 2.75) is 17.3 Å². The fourth-order valence-corrected chi connectivity index (χ4v) is 3.19. The van der Waals surface area contributed by atoms with Crippen LogP contribution in [0.15, 0.2) is 28.6 Å². The summed E-state index contributed by atoms with van der Waals surface area (Å²) in [7, 11) is 1.63. The Bertz CT molecular complexity index is 586. The summed E-state index contributed by atoms with van der Waals surface area (Å²) < 4.78 is 5.87. The van der Waals surface area contributed by atoms with E-state index in [2.05, 4.69) is 15.5 Å². The Kier molecular flexibility index (Phi) is 5.82. The summed E-state index contributed by atoms with van der Waals surface area (Å²) in [6, 6.07) is 7.60. The van der Waals surface area contributed by atoms with Gasteiger partial charge in [0.15, 0.2) is 4.34 Å². The zero-order valence-corrected chi connectivity index (χ0v) is 13.2. The second-order valence-corrected chi connectivity index (χ2v) is 6.48. The molecule has 0 aliphatic carbocycles. The number of nitrogens with zero attached hydrogens (tertiary/aromatic N) is 2. The molecule has 1 aromatic heterocycles. The van der Waals surface area contributed by atoms with Crippen molar-refractivity contribution in [1.29, 1.82) is 0 Å². The third-order valence-electron chi connectivity index (χ3n) is 2.63. The second-order valence-electron chi connectivity index (χ2n) is 4.13. The summed E-state index contributed by atoms with van der Waals surface area (Å²) >= 11 is 2.81. The van der Waals surface area contributed by atoms with Gasteiger partial charge in [0.1, 0.15) is 5.75 Å². The van der Waals surface area contributed by atoms with Crippen molar-refractivity contribution in [3.8, 4) is 5.75 Å². The average Bonchev–Trinajstić information content (AvgIpc) is 2.91. The molecule has 0 spiro atoms. The first-order valence-corrected chi connectivity index (χ1v) is 8.09. The number of aromatic nitrogens is 2. The van der Waals surface area contributed by atoms with Gasteiger partial charge in [-0.05, 0) is 17.7 Å². The van der Waals surface area contributed by atoms with Crippen molar-refractivity contribution in [2.24, 2.45) is 0 Å². The Labute approximate surface area is 131 Å². The molecule has 2 aromatic rings. The SMILES string of the molecule is COc1ccc(CNC(=O)CCSc2nnc(N)s2)cc1. The standard InChI is InChI=1S/C13H16N4O2S2/c1-19-10-4-2-9(3-5-10)8-15-11(18)6-7-20-13-17-16-12(14)21-13/h2-5H,6-8H2,1H3,(H2,14,16)(H,15,18). The van der Waals surface area contributed by atoms with Gasteiger partial charge in [-0.15, -0.1) is 10.2 Å². The molecule has 0 aliphatic heterocycles. The van der Waals surface area contributed by atoms with Crippen LogP contribution >= 0.6 is 23.1 Å². The van der Waals surface area contributed by atoms with Crippen molar-refractivity contribution < 1.29 is 9.53 Å². The Balaban J connectivity index is 1.67. The highest BCUT2D eigenvalue weighted by Gasteiger charge is 2.05. The minimum atomic E-state index is 0.0100. The van der Waals surface area contributed by atoms with Crippen LogP contribution in [0, 0.1) is 0 Å². The number of carbonyl (C=O) groups is 1. The van der Waals surface area contributed by atoms with Crippen LogP contribution in [0.4, 0.5) is 5.13 Å². The zero-order chi connectivity index (χ0) is 15.1. The molecule has 3 N–H and O–H groups in total. The fourth-order valence-electron chi connectivity index (χ4n) is 1.54. The van der Waals surface area contributed by atoms with Crippen LogP contribution in [0.1, 0.15) is 12.0 Å². The number of ether oxygens (including phenoxy) is 1. The van der Waals surface area contributed by atoms with Gasteiger partial charge in [0, 0.05) is 18.7 Å². The number of hydrogen-bond acceptors (Lipinski definition) is 7. The molecule has 0 aliphatic rings. The molecule has 0 bridgehead atoms. The number of anilines is 1. The number of benzene rings is 1. The molecule has 0 radical (unpaired) electrons. The van der Waals surface area contributed by atoms with E-state index in [1.807, 2.05) is 24.3 Å². The van der Waals surface area contributed by atoms with Gasteiger partial charge in [0.05, 0.1) is 7.11 Å². The van der Waals surface area contributed by atoms with E-state index in [4.69, 9.17) is 10.5 Å². The van der Waals surface area contributed by atoms with Crippen LogP contribution in [0.3, 0.4) is 0 Å². The van der Waals surface area contributed by atoms with E-state index in [0.29, 0.717) is 23.8 Å². The van der Waals surface area contributed by atoms with Crippen molar-refractivity contribution in [3.05, 3.63) is 29.8 Å². The molecular weight excluding hydrogens is 308 g/mol. The van der Waals surface area contributed by atoms with Crippen molar-refractivity contribution in [1.82, 2.24) is 15.5 Å². The summed E-state index contributed by atoms with van der Waals surface area (Å²) in [6.45, 7) is 0.513. The number of thioether (sulfide) groups is 1. The molecule has 0 saturated carbocycles. The predicted octanol–water partition coefficient (Wildman–Crippen LogP) is 1.93. The number of nitrogen functional groups attached to an aromatic ring is 1. The first-order chi connectivity index (χ1) is 10.2.